The lowest BCUT2D eigenvalue weighted by Gasteiger charge is -2.08. The van der Waals surface area contributed by atoms with Crippen LogP contribution in [0.1, 0.15) is 5.56 Å². The topological polar surface area (TPSA) is 92.8 Å². The number of ether oxygens (including phenoxy) is 1. The van der Waals surface area contributed by atoms with Crippen molar-refractivity contribution in [1.82, 2.24) is 14.8 Å². The third-order valence-electron chi connectivity index (χ3n) is 4.04. The highest BCUT2D eigenvalue weighted by atomic mass is 32.2. The van der Waals surface area contributed by atoms with Crippen molar-refractivity contribution in [2.75, 3.05) is 18.2 Å². The van der Waals surface area contributed by atoms with Crippen molar-refractivity contribution in [3.63, 3.8) is 0 Å². The lowest BCUT2D eigenvalue weighted by Crippen LogP contribution is -2.14. The number of carbonyl (C=O) groups excluding carboxylic acids is 1. The second-order valence-electron chi connectivity index (χ2n) is 5.93. The number of carbonyl (C=O) groups is 1. The number of anilines is 1. The molecule has 28 heavy (non-hydrogen) atoms. The van der Waals surface area contributed by atoms with E-state index in [1.54, 1.807) is 19.2 Å². The molecule has 8 heteroatoms. The van der Waals surface area contributed by atoms with Gasteiger partial charge in [0.1, 0.15) is 5.75 Å². The Balaban J connectivity index is 1.63. The van der Waals surface area contributed by atoms with Crippen molar-refractivity contribution in [2.24, 2.45) is 7.05 Å². The number of rotatable bonds is 7. The van der Waals surface area contributed by atoms with Crippen LogP contribution < -0.4 is 10.1 Å². The average Bonchev–Trinajstić information content (AvgIpc) is 3.08. The molecule has 0 saturated carbocycles. The number of methoxy groups -OCH3 is 1. The molecule has 0 radical (unpaired) electrons. The standard InChI is InChI=1S/C20H19N5O2S/c1-25-19(16-5-3-4-6-17(16)27-2)23-24-20(25)28-13-18(26)22-15-9-7-14(8-10-15)11-12-21/h3-10H,11,13H2,1-2H3,(H,22,26). The molecule has 0 atom stereocenters. The van der Waals surface area contributed by atoms with Gasteiger partial charge in [-0.2, -0.15) is 5.26 Å². The van der Waals surface area contributed by atoms with Crippen LogP contribution in [0.4, 0.5) is 5.69 Å². The number of nitrogens with zero attached hydrogens (tertiary/aromatic N) is 4. The zero-order valence-corrected chi connectivity index (χ0v) is 16.4. The van der Waals surface area contributed by atoms with E-state index in [1.807, 2.05) is 48.0 Å². The highest BCUT2D eigenvalue weighted by Crippen LogP contribution is 2.29. The number of hydrogen-bond donors (Lipinski definition) is 1. The second-order valence-corrected chi connectivity index (χ2v) is 6.88. The van der Waals surface area contributed by atoms with Gasteiger partial charge < -0.3 is 14.6 Å². The normalized spacial score (nSPS) is 10.3. The second kappa shape index (κ2) is 9.06. The fourth-order valence-electron chi connectivity index (χ4n) is 2.63. The van der Waals surface area contributed by atoms with Crippen LogP contribution in [0.15, 0.2) is 53.7 Å². The van der Waals surface area contributed by atoms with Gasteiger partial charge in [-0.1, -0.05) is 36.0 Å². The summed E-state index contributed by atoms with van der Waals surface area (Å²) in [5.74, 6) is 1.46. The van der Waals surface area contributed by atoms with Crippen molar-refractivity contribution in [3.05, 3.63) is 54.1 Å². The summed E-state index contributed by atoms with van der Waals surface area (Å²) in [4.78, 5) is 12.2. The minimum Gasteiger partial charge on any atom is -0.496 e. The van der Waals surface area contributed by atoms with E-state index >= 15 is 0 Å². The van der Waals surface area contributed by atoms with Crippen LogP contribution in [0, 0.1) is 11.3 Å². The van der Waals surface area contributed by atoms with Crippen LogP contribution in [0.2, 0.25) is 0 Å². The van der Waals surface area contributed by atoms with E-state index in [9.17, 15) is 4.79 Å². The zero-order chi connectivity index (χ0) is 19.9. The molecule has 142 valence electrons. The van der Waals surface area contributed by atoms with Gasteiger partial charge in [-0.15, -0.1) is 10.2 Å². The molecular weight excluding hydrogens is 374 g/mol. The van der Waals surface area contributed by atoms with Crippen molar-refractivity contribution in [2.45, 2.75) is 11.6 Å². The minimum atomic E-state index is -0.139. The van der Waals surface area contributed by atoms with Gasteiger partial charge in [-0.3, -0.25) is 4.79 Å². The van der Waals surface area contributed by atoms with Gasteiger partial charge in [0.15, 0.2) is 11.0 Å². The molecule has 1 N–H and O–H groups in total. The molecule has 0 fully saturated rings. The summed E-state index contributed by atoms with van der Waals surface area (Å²) in [5.41, 5.74) is 2.45. The summed E-state index contributed by atoms with van der Waals surface area (Å²) in [5, 5.41) is 20.6. The first kappa shape index (κ1) is 19.5. The first-order valence-electron chi connectivity index (χ1n) is 8.53. The molecule has 3 aromatic rings. The van der Waals surface area contributed by atoms with Gasteiger partial charge in [0.25, 0.3) is 0 Å². The highest BCUT2D eigenvalue weighted by molar-refractivity contribution is 7.99. The van der Waals surface area contributed by atoms with Crippen LogP contribution in [-0.4, -0.2) is 33.5 Å². The van der Waals surface area contributed by atoms with E-state index in [4.69, 9.17) is 10.00 Å². The van der Waals surface area contributed by atoms with Gasteiger partial charge >= 0.3 is 0 Å². The molecule has 3 rings (SSSR count). The molecule has 0 spiro atoms. The monoisotopic (exact) mass is 393 g/mol. The molecule has 0 saturated heterocycles. The molecule has 1 amide bonds. The zero-order valence-electron chi connectivity index (χ0n) is 15.5. The largest absolute Gasteiger partial charge is 0.496 e. The highest BCUT2D eigenvalue weighted by Gasteiger charge is 2.15. The fourth-order valence-corrected chi connectivity index (χ4v) is 3.34. The summed E-state index contributed by atoms with van der Waals surface area (Å²) in [6.45, 7) is 0. The lowest BCUT2D eigenvalue weighted by atomic mass is 10.1. The maximum Gasteiger partial charge on any atom is 0.234 e. The third kappa shape index (κ3) is 4.50. The predicted octanol–water partition coefficient (Wildman–Crippen LogP) is 3.29. The van der Waals surface area contributed by atoms with E-state index in [-0.39, 0.29) is 11.7 Å². The number of benzene rings is 2. The van der Waals surface area contributed by atoms with E-state index in [1.165, 1.54) is 11.8 Å². The van der Waals surface area contributed by atoms with Gasteiger partial charge in [0, 0.05) is 12.7 Å². The van der Waals surface area contributed by atoms with Gasteiger partial charge in [0.2, 0.25) is 5.91 Å². The summed E-state index contributed by atoms with van der Waals surface area (Å²) >= 11 is 1.31. The summed E-state index contributed by atoms with van der Waals surface area (Å²) < 4.78 is 7.22. The molecule has 7 nitrogen and oxygen atoms in total. The van der Waals surface area contributed by atoms with Crippen LogP contribution in [0.3, 0.4) is 0 Å². The van der Waals surface area contributed by atoms with Crippen molar-refractivity contribution >= 4 is 23.4 Å². The molecule has 2 aromatic carbocycles. The number of amides is 1. The lowest BCUT2D eigenvalue weighted by molar-refractivity contribution is -0.113. The number of aromatic nitrogens is 3. The van der Waals surface area contributed by atoms with Gasteiger partial charge in [-0.05, 0) is 29.8 Å². The predicted molar refractivity (Wildman–Crippen MR) is 108 cm³/mol. The number of nitrogens with one attached hydrogen (secondary N) is 1. The molecule has 0 aliphatic rings. The van der Waals surface area contributed by atoms with Crippen LogP contribution in [0.5, 0.6) is 5.75 Å². The summed E-state index contributed by atoms with van der Waals surface area (Å²) in [7, 11) is 3.47. The van der Waals surface area contributed by atoms with E-state index in [2.05, 4.69) is 21.6 Å². The minimum absolute atomic E-state index is 0.139. The first-order valence-corrected chi connectivity index (χ1v) is 9.52. The fraction of sp³-hybridized carbons (Fsp3) is 0.200. The number of para-hydroxylation sites is 1. The Kier molecular flexibility index (Phi) is 6.29. The number of hydrogen-bond acceptors (Lipinski definition) is 6. The Morgan fingerprint density at radius 2 is 1.96 bits per heavy atom. The van der Waals surface area contributed by atoms with Gasteiger partial charge in [0.05, 0.1) is 30.9 Å². The van der Waals surface area contributed by atoms with Gasteiger partial charge in [-0.25, -0.2) is 0 Å². The third-order valence-corrected chi connectivity index (χ3v) is 5.06. The Morgan fingerprint density at radius 3 is 2.68 bits per heavy atom. The van der Waals surface area contributed by atoms with E-state index < -0.39 is 0 Å². The Morgan fingerprint density at radius 1 is 1.21 bits per heavy atom. The molecule has 1 aromatic heterocycles. The number of nitriles is 1. The Labute approximate surface area is 167 Å². The quantitative estimate of drug-likeness (QED) is 0.619. The molecular formula is C20H19N5O2S. The maximum atomic E-state index is 12.2. The SMILES string of the molecule is COc1ccccc1-c1nnc(SCC(=O)Nc2ccc(CC#N)cc2)n1C. The first-order chi connectivity index (χ1) is 13.6. The van der Waals surface area contributed by atoms with Crippen molar-refractivity contribution < 1.29 is 9.53 Å². The molecule has 0 aliphatic heterocycles. The Bertz CT molecular complexity index is 1010. The maximum absolute atomic E-state index is 12.2. The van der Waals surface area contributed by atoms with Crippen LogP contribution >= 0.6 is 11.8 Å². The molecule has 0 bridgehead atoms. The van der Waals surface area contributed by atoms with Crippen LogP contribution in [-0.2, 0) is 18.3 Å². The molecule has 0 unspecified atom stereocenters. The Hall–Kier alpha value is -3.31. The summed E-state index contributed by atoms with van der Waals surface area (Å²) in [6, 6.07) is 16.9. The average molecular weight is 393 g/mol. The molecule has 0 aliphatic carbocycles. The summed E-state index contributed by atoms with van der Waals surface area (Å²) in [6.07, 6.45) is 0.352. The van der Waals surface area contributed by atoms with Crippen LogP contribution in [0.25, 0.3) is 11.4 Å². The smallest absolute Gasteiger partial charge is 0.234 e. The van der Waals surface area contributed by atoms with E-state index in [0.717, 1.165) is 11.1 Å². The van der Waals surface area contributed by atoms with Crippen molar-refractivity contribution in [3.8, 4) is 23.2 Å². The van der Waals surface area contributed by atoms with Crippen molar-refractivity contribution in [1.29, 1.82) is 5.26 Å². The number of thioether (sulfide) groups is 1. The molecule has 1 heterocycles. The van der Waals surface area contributed by atoms with E-state index in [0.29, 0.717) is 28.8 Å².